The molecule has 4 nitrogen and oxygen atoms in total. The van der Waals surface area contributed by atoms with E-state index in [2.05, 4.69) is 16.9 Å². The molecule has 0 radical (unpaired) electrons. The first-order chi connectivity index (χ1) is 7.36. The molecule has 2 N–H and O–H groups in total. The molecular formula is C11H14N4. The van der Waals surface area contributed by atoms with Gasteiger partial charge in [0, 0.05) is 31.6 Å². The van der Waals surface area contributed by atoms with E-state index in [9.17, 15) is 0 Å². The highest BCUT2D eigenvalue weighted by atomic mass is 15.1. The van der Waals surface area contributed by atoms with E-state index in [1.54, 1.807) is 12.4 Å². The van der Waals surface area contributed by atoms with Crippen LogP contribution in [-0.2, 0) is 13.0 Å². The highest BCUT2D eigenvalue weighted by molar-refractivity contribution is 5.37. The fraction of sp³-hybridized carbons (Fsp3) is 0.273. The van der Waals surface area contributed by atoms with Gasteiger partial charge in [-0.05, 0) is 12.1 Å². The molecule has 0 saturated carbocycles. The highest BCUT2D eigenvalue weighted by Crippen LogP contribution is 2.13. The molecule has 0 aliphatic rings. The molecule has 0 atom stereocenters. The van der Waals surface area contributed by atoms with Crippen molar-refractivity contribution in [1.29, 1.82) is 0 Å². The Morgan fingerprint density at radius 1 is 1.33 bits per heavy atom. The van der Waals surface area contributed by atoms with E-state index in [0.29, 0.717) is 6.54 Å². The molecule has 0 saturated heterocycles. The smallest absolute Gasteiger partial charge is 0.112 e. The second-order valence-electron chi connectivity index (χ2n) is 3.24. The summed E-state index contributed by atoms with van der Waals surface area (Å²) in [6.07, 6.45) is 6.39. The Kier molecular flexibility index (Phi) is 2.78. The maximum absolute atomic E-state index is 5.65. The predicted molar refractivity (Wildman–Crippen MR) is 58.6 cm³/mol. The lowest BCUT2D eigenvalue weighted by molar-refractivity contribution is 0.858. The van der Waals surface area contributed by atoms with Gasteiger partial charge in [-0.15, -0.1) is 0 Å². The van der Waals surface area contributed by atoms with Crippen molar-refractivity contribution in [3.8, 4) is 5.69 Å². The Morgan fingerprint density at radius 2 is 2.20 bits per heavy atom. The van der Waals surface area contributed by atoms with Crippen molar-refractivity contribution in [2.75, 3.05) is 0 Å². The van der Waals surface area contributed by atoms with E-state index in [1.165, 1.54) is 0 Å². The highest BCUT2D eigenvalue weighted by Gasteiger charge is 2.07. The second kappa shape index (κ2) is 4.23. The summed E-state index contributed by atoms with van der Waals surface area (Å²) >= 11 is 0. The average molecular weight is 202 g/mol. The number of hydrogen-bond donors (Lipinski definition) is 1. The van der Waals surface area contributed by atoms with Crippen molar-refractivity contribution >= 4 is 0 Å². The maximum Gasteiger partial charge on any atom is 0.112 e. The average Bonchev–Trinajstić information content (AvgIpc) is 2.76. The first-order valence-corrected chi connectivity index (χ1v) is 5.03. The summed E-state index contributed by atoms with van der Waals surface area (Å²) in [5.41, 5.74) is 7.57. The second-order valence-corrected chi connectivity index (χ2v) is 3.24. The number of imidazole rings is 1. The SMILES string of the molecule is CCc1nccn1-c1cccnc1CN. The van der Waals surface area contributed by atoms with Gasteiger partial charge in [0.15, 0.2) is 0 Å². The van der Waals surface area contributed by atoms with Crippen LogP contribution in [0.2, 0.25) is 0 Å². The third-order valence-electron chi connectivity index (χ3n) is 2.35. The van der Waals surface area contributed by atoms with Crippen molar-refractivity contribution in [2.45, 2.75) is 19.9 Å². The minimum Gasteiger partial charge on any atom is -0.325 e. The van der Waals surface area contributed by atoms with Gasteiger partial charge < -0.3 is 10.3 Å². The van der Waals surface area contributed by atoms with Crippen LogP contribution in [0.1, 0.15) is 18.4 Å². The fourth-order valence-corrected chi connectivity index (χ4v) is 1.62. The van der Waals surface area contributed by atoms with Crippen LogP contribution in [0, 0.1) is 0 Å². The van der Waals surface area contributed by atoms with Gasteiger partial charge in [-0.3, -0.25) is 4.98 Å². The van der Waals surface area contributed by atoms with E-state index in [4.69, 9.17) is 5.73 Å². The molecule has 2 rings (SSSR count). The van der Waals surface area contributed by atoms with Gasteiger partial charge in [0.2, 0.25) is 0 Å². The van der Waals surface area contributed by atoms with Gasteiger partial charge in [-0.2, -0.15) is 0 Å². The molecule has 15 heavy (non-hydrogen) atoms. The Balaban J connectivity index is 2.53. The number of hydrogen-bond acceptors (Lipinski definition) is 3. The Bertz CT molecular complexity index is 447. The van der Waals surface area contributed by atoms with Crippen LogP contribution in [-0.4, -0.2) is 14.5 Å². The Morgan fingerprint density at radius 3 is 2.93 bits per heavy atom. The number of aryl methyl sites for hydroxylation is 1. The van der Waals surface area contributed by atoms with Crippen molar-refractivity contribution in [3.05, 3.63) is 42.2 Å². The first kappa shape index (κ1) is 9.86. The van der Waals surface area contributed by atoms with Crippen LogP contribution in [0.4, 0.5) is 0 Å². The minimum absolute atomic E-state index is 0.442. The minimum atomic E-state index is 0.442. The monoisotopic (exact) mass is 202 g/mol. The number of nitrogens with zero attached hydrogens (tertiary/aromatic N) is 3. The third kappa shape index (κ3) is 1.76. The quantitative estimate of drug-likeness (QED) is 0.815. The van der Waals surface area contributed by atoms with Gasteiger partial charge in [0.25, 0.3) is 0 Å². The fourth-order valence-electron chi connectivity index (χ4n) is 1.62. The van der Waals surface area contributed by atoms with Crippen LogP contribution < -0.4 is 5.73 Å². The van der Waals surface area contributed by atoms with Gasteiger partial charge >= 0.3 is 0 Å². The van der Waals surface area contributed by atoms with Gasteiger partial charge in [0.05, 0.1) is 11.4 Å². The van der Waals surface area contributed by atoms with Crippen LogP contribution in [0.5, 0.6) is 0 Å². The third-order valence-corrected chi connectivity index (χ3v) is 2.35. The molecule has 0 unspecified atom stereocenters. The number of rotatable bonds is 3. The molecule has 0 amide bonds. The molecule has 0 fully saturated rings. The van der Waals surface area contributed by atoms with Crippen molar-refractivity contribution in [1.82, 2.24) is 14.5 Å². The number of aromatic nitrogens is 3. The zero-order chi connectivity index (χ0) is 10.7. The molecule has 2 aromatic heterocycles. The molecule has 0 bridgehead atoms. The zero-order valence-electron chi connectivity index (χ0n) is 8.72. The summed E-state index contributed by atoms with van der Waals surface area (Å²) in [4.78, 5) is 8.54. The van der Waals surface area contributed by atoms with Crippen LogP contribution in [0.3, 0.4) is 0 Å². The lowest BCUT2D eigenvalue weighted by atomic mass is 10.3. The first-order valence-electron chi connectivity index (χ1n) is 5.03. The molecule has 0 aromatic carbocycles. The predicted octanol–water partition coefficient (Wildman–Crippen LogP) is 1.29. The summed E-state index contributed by atoms with van der Waals surface area (Å²) in [5.74, 6) is 1.03. The number of pyridine rings is 1. The Labute approximate surface area is 88.8 Å². The molecule has 0 spiro atoms. The maximum atomic E-state index is 5.65. The standard InChI is InChI=1S/C11H14N4/c1-2-11-14-6-7-15(11)10-4-3-5-13-9(10)8-12/h3-7H,2,8,12H2,1H3. The molecule has 2 heterocycles. The molecule has 78 valence electrons. The van der Waals surface area contributed by atoms with E-state index < -0.39 is 0 Å². The summed E-state index contributed by atoms with van der Waals surface area (Å²) in [6.45, 7) is 2.52. The largest absolute Gasteiger partial charge is 0.325 e. The normalized spacial score (nSPS) is 10.5. The van der Waals surface area contributed by atoms with Crippen LogP contribution >= 0.6 is 0 Å². The van der Waals surface area contributed by atoms with Crippen molar-refractivity contribution < 1.29 is 0 Å². The number of nitrogens with two attached hydrogens (primary N) is 1. The summed E-state index contributed by atoms with van der Waals surface area (Å²) in [5, 5.41) is 0. The Hall–Kier alpha value is -1.68. The molecule has 4 heteroatoms. The summed E-state index contributed by atoms with van der Waals surface area (Å²) in [6, 6.07) is 3.92. The van der Waals surface area contributed by atoms with Crippen molar-refractivity contribution in [2.24, 2.45) is 5.73 Å². The molecule has 2 aromatic rings. The topological polar surface area (TPSA) is 56.7 Å². The van der Waals surface area contributed by atoms with Crippen LogP contribution in [0.25, 0.3) is 5.69 Å². The van der Waals surface area contributed by atoms with Crippen LogP contribution in [0.15, 0.2) is 30.7 Å². The van der Waals surface area contributed by atoms with Gasteiger partial charge in [0.1, 0.15) is 5.82 Å². The van der Waals surface area contributed by atoms with Crippen molar-refractivity contribution in [3.63, 3.8) is 0 Å². The zero-order valence-corrected chi connectivity index (χ0v) is 8.72. The summed E-state index contributed by atoms with van der Waals surface area (Å²) in [7, 11) is 0. The van der Waals surface area contributed by atoms with E-state index in [0.717, 1.165) is 23.6 Å². The molecule has 0 aliphatic carbocycles. The molecular weight excluding hydrogens is 188 g/mol. The lowest BCUT2D eigenvalue weighted by Gasteiger charge is -2.09. The van der Waals surface area contributed by atoms with E-state index in [-0.39, 0.29) is 0 Å². The van der Waals surface area contributed by atoms with Gasteiger partial charge in [-0.1, -0.05) is 6.92 Å². The van der Waals surface area contributed by atoms with E-state index >= 15 is 0 Å². The van der Waals surface area contributed by atoms with Gasteiger partial charge in [-0.25, -0.2) is 4.98 Å². The molecule has 0 aliphatic heterocycles. The van der Waals surface area contributed by atoms with E-state index in [1.807, 2.05) is 22.9 Å². The summed E-state index contributed by atoms with van der Waals surface area (Å²) < 4.78 is 2.04. The lowest BCUT2D eigenvalue weighted by Crippen LogP contribution is -2.08.